The lowest BCUT2D eigenvalue weighted by Crippen LogP contribution is -2.54. The van der Waals surface area contributed by atoms with E-state index in [0.717, 1.165) is 23.3 Å². The first-order valence-corrected chi connectivity index (χ1v) is 8.50. The van der Waals surface area contributed by atoms with Crippen LogP contribution in [0.1, 0.15) is 20.3 Å². The Morgan fingerprint density at radius 1 is 1.44 bits per heavy atom. The van der Waals surface area contributed by atoms with Crippen molar-refractivity contribution >= 4 is 28.7 Å². The highest BCUT2D eigenvalue weighted by atomic mass is 16.2. The molecule has 8 heteroatoms. The van der Waals surface area contributed by atoms with Gasteiger partial charge in [0.1, 0.15) is 17.8 Å². The molecule has 134 valence electrons. The minimum Gasteiger partial charge on any atom is -0.354 e. The molecule has 0 unspecified atom stereocenters. The van der Waals surface area contributed by atoms with Crippen LogP contribution in [0.2, 0.25) is 0 Å². The van der Waals surface area contributed by atoms with Crippen molar-refractivity contribution in [1.82, 2.24) is 25.2 Å². The highest BCUT2D eigenvalue weighted by molar-refractivity contribution is 5.87. The molecule has 2 amide bonds. The van der Waals surface area contributed by atoms with E-state index in [0.29, 0.717) is 19.0 Å². The fraction of sp³-hybridized carbons (Fsp3) is 0.529. The number of hydrogen-bond acceptors (Lipinski definition) is 5. The molecule has 2 aromatic rings. The summed E-state index contributed by atoms with van der Waals surface area (Å²) in [5.74, 6) is 1.05. The summed E-state index contributed by atoms with van der Waals surface area (Å²) in [6, 6.07) is 2.12. The number of carbonyl (C=O) groups is 2. The van der Waals surface area contributed by atoms with Crippen LogP contribution < -0.4 is 10.2 Å². The van der Waals surface area contributed by atoms with Gasteiger partial charge in [-0.15, -0.1) is 0 Å². The van der Waals surface area contributed by atoms with Crippen molar-refractivity contribution in [1.29, 1.82) is 0 Å². The average Bonchev–Trinajstić information content (AvgIpc) is 3.08. The second kappa shape index (κ2) is 7.08. The number of likely N-dealkylation sites (tertiary alicyclic amines) is 1. The number of carbonyl (C=O) groups excluding carboxylic acids is 2. The van der Waals surface area contributed by atoms with Gasteiger partial charge in [0.2, 0.25) is 11.8 Å². The zero-order valence-electron chi connectivity index (χ0n) is 14.8. The number of amides is 2. The molecule has 0 bridgehead atoms. The molecule has 1 aliphatic rings. The van der Waals surface area contributed by atoms with E-state index in [9.17, 15) is 9.59 Å². The van der Waals surface area contributed by atoms with E-state index in [-0.39, 0.29) is 24.4 Å². The Balaban J connectivity index is 1.76. The SMILES string of the molecule is CC(=O)NCC(=O)N1CC[C@@H](C)[C@@H](N(C)c2ncnc3[nH]ccc23)C1. The molecule has 0 spiro atoms. The smallest absolute Gasteiger partial charge is 0.242 e. The highest BCUT2D eigenvalue weighted by Crippen LogP contribution is 2.28. The van der Waals surface area contributed by atoms with Gasteiger partial charge in [-0.05, 0) is 18.4 Å². The Labute approximate surface area is 146 Å². The quantitative estimate of drug-likeness (QED) is 0.854. The number of nitrogens with zero attached hydrogens (tertiary/aromatic N) is 4. The normalized spacial score (nSPS) is 20.5. The standard InChI is InChI=1S/C17H24N6O2/c1-11-5-7-23(15(25)8-19-12(2)24)9-14(11)22(3)17-13-4-6-18-16(13)20-10-21-17/h4,6,10-11,14H,5,7-9H2,1-3H3,(H,19,24)(H,18,20,21)/t11-,14+/m1/s1. The average molecular weight is 344 g/mol. The van der Waals surface area contributed by atoms with Gasteiger partial charge < -0.3 is 20.1 Å². The molecule has 0 radical (unpaired) electrons. The van der Waals surface area contributed by atoms with Crippen LogP contribution in [0, 0.1) is 5.92 Å². The number of H-pyrrole nitrogens is 1. The summed E-state index contributed by atoms with van der Waals surface area (Å²) in [7, 11) is 2.01. The molecule has 2 atom stereocenters. The second-order valence-corrected chi connectivity index (χ2v) is 6.63. The number of anilines is 1. The summed E-state index contributed by atoms with van der Waals surface area (Å²) in [5, 5.41) is 3.55. The van der Waals surface area contributed by atoms with Crippen molar-refractivity contribution < 1.29 is 9.59 Å². The van der Waals surface area contributed by atoms with E-state index >= 15 is 0 Å². The van der Waals surface area contributed by atoms with Gasteiger partial charge >= 0.3 is 0 Å². The summed E-state index contributed by atoms with van der Waals surface area (Å²) in [4.78, 5) is 39.1. The molecule has 25 heavy (non-hydrogen) atoms. The molecule has 0 aliphatic carbocycles. The van der Waals surface area contributed by atoms with Crippen LogP contribution >= 0.6 is 0 Å². The summed E-state index contributed by atoms with van der Waals surface area (Å²) >= 11 is 0. The van der Waals surface area contributed by atoms with Gasteiger partial charge in [-0.25, -0.2) is 9.97 Å². The molecule has 3 heterocycles. The summed E-state index contributed by atoms with van der Waals surface area (Å²) in [6.45, 7) is 5.00. The first-order chi connectivity index (χ1) is 12.0. The number of hydrogen-bond donors (Lipinski definition) is 2. The second-order valence-electron chi connectivity index (χ2n) is 6.63. The lowest BCUT2D eigenvalue weighted by atomic mass is 9.92. The first-order valence-electron chi connectivity index (χ1n) is 8.50. The van der Waals surface area contributed by atoms with E-state index in [1.54, 1.807) is 6.33 Å². The number of fused-ring (bicyclic) bond motifs is 1. The van der Waals surface area contributed by atoms with Crippen molar-refractivity contribution in [3.05, 3.63) is 18.6 Å². The fourth-order valence-corrected chi connectivity index (χ4v) is 3.39. The summed E-state index contributed by atoms with van der Waals surface area (Å²) in [6.07, 6.45) is 4.32. The van der Waals surface area contributed by atoms with Crippen LogP contribution in [0.25, 0.3) is 11.0 Å². The van der Waals surface area contributed by atoms with Crippen molar-refractivity contribution in [3.63, 3.8) is 0 Å². The van der Waals surface area contributed by atoms with Crippen LogP contribution in [0.3, 0.4) is 0 Å². The van der Waals surface area contributed by atoms with Gasteiger partial charge in [-0.2, -0.15) is 0 Å². The van der Waals surface area contributed by atoms with E-state index in [2.05, 4.69) is 32.1 Å². The number of likely N-dealkylation sites (N-methyl/N-ethyl adjacent to an activating group) is 1. The third-order valence-corrected chi connectivity index (χ3v) is 4.92. The van der Waals surface area contributed by atoms with Gasteiger partial charge in [0.15, 0.2) is 0 Å². The minimum absolute atomic E-state index is 0.0463. The number of rotatable bonds is 4. The van der Waals surface area contributed by atoms with Crippen LogP contribution in [-0.4, -0.2) is 64.4 Å². The van der Waals surface area contributed by atoms with Gasteiger partial charge in [0.25, 0.3) is 0 Å². The fourth-order valence-electron chi connectivity index (χ4n) is 3.39. The molecule has 3 rings (SSSR count). The van der Waals surface area contributed by atoms with Crippen molar-refractivity contribution in [2.24, 2.45) is 5.92 Å². The molecule has 0 saturated carbocycles. The predicted octanol–water partition coefficient (Wildman–Crippen LogP) is 0.767. The topological polar surface area (TPSA) is 94.2 Å². The molecular formula is C17H24N6O2. The summed E-state index contributed by atoms with van der Waals surface area (Å²) in [5.41, 5.74) is 0.805. The van der Waals surface area contributed by atoms with E-state index in [1.165, 1.54) is 6.92 Å². The van der Waals surface area contributed by atoms with Crippen LogP contribution in [0.4, 0.5) is 5.82 Å². The van der Waals surface area contributed by atoms with E-state index in [4.69, 9.17) is 0 Å². The molecule has 2 N–H and O–H groups in total. The molecule has 2 aromatic heterocycles. The van der Waals surface area contributed by atoms with E-state index < -0.39 is 0 Å². The third kappa shape index (κ3) is 3.57. The number of aromatic amines is 1. The molecular weight excluding hydrogens is 320 g/mol. The Bertz CT molecular complexity index is 773. The first kappa shape index (κ1) is 17.2. The molecule has 0 aromatic carbocycles. The third-order valence-electron chi connectivity index (χ3n) is 4.92. The molecule has 1 fully saturated rings. The van der Waals surface area contributed by atoms with Crippen LogP contribution in [0.5, 0.6) is 0 Å². The predicted molar refractivity (Wildman–Crippen MR) is 95.1 cm³/mol. The van der Waals surface area contributed by atoms with Crippen molar-refractivity contribution in [2.45, 2.75) is 26.3 Å². The minimum atomic E-state index is -0.191. The maximum absolute atomic E-state index is 12.3. The highest BCUT2D eigenvalue weighted by Gasteiger charge is 2.32. The maximum atomic E-state index is 12.3. The van der Waals surface area contributed by atoms with E-state index in [1.807, 2.05) is 24.2 Å². The van der Waals surface area contributed by atoms with Crippen molar-refractivity contribution in [3.8, 4) is 0 Å². The van der Waals surface area contributed by atoms with Gasteiger partial charge in [-0.3, -0.25) is 9.59 Å². The molecule has 8 nitrogen and oxygen atoms in total. The van der Waals surface area contributed by atoms with Crippen molar-refractivity contribution in [2.75, 3.05) is 31.6 Å². The van der Waals surface area contributed by atoms with Crippen LogP contribution in [0.15, 0.2) is 18.6 Å². The lowest BCUT2D eigenvalue weighted by Gasteiger charge is -2.42. The molecule has 1 aliphatic heterocycles. The van der Waals surface area contributed by atoms with Crippen LogP contribution in [-0.2, 0) is 9.59 Å². The lowest BCUT2D eigenvalue weighted by molar-refractivity contribution is -0.133. The summed E-state index contributed by atoms with van der Waals surface area (Å²) < 4.78 is 0. The van der Waals surface area contributed by atoms with Gasteiger partial charge in [-0.1, -0.05) is 6.92 Å². The Morgan fingerprint density at radius 3 is 3.00 bits per heavy atom. The number of nitrogens with one attached hydrogen (secondary N) is 2. The maximum Gasteiger partial charge on any atom is 0.242 e. The zero-order chi connectivity index (χ0) is 18.0. The monoisotopic (exact) mass is 344 g/mol. The largest absolute Gasteiger partial charge is 0.354 e. The van der Waals surface area contributed by atoms with Gasteiger partial charge in [0, 0.05) is 33.3 Å². The number of piperidine rings is 1. The Hall–Kier alpha value is -2.64. The Kier molecular flexibility index (Phi) is 4.87. The Morgan fingerprint density at radius 2 is 2.24 bits per heavy atom. The zero-order valence-corrected chi connectivity index (χ0v) is 14.8. The number of aromatic nitrogens is 3. The van der Waals surface area contributed by atoms with Gasteiger partial charge in [0.05, 0.1) is 18.0 Å². The molecule has 1 saturated heterocycles.